The summed E-state index contributed by atoms with van der Waals surface area (Å²) in [6, 6.07) is 0. The highest BCUT2D eigenvalue weighted by atomic mass is 16.5. The first-order valence-electron chi connectivity index (χ1n) is 15.5. The molecule has 202 valence electrons. The lowest BCUT2D eigenvalue weighted by Gasteiger charge is -2.69. The van der Waals surface area contributed by atoms with E-state index in [-0.39, 0.29) is 17.5 Å². The van der Waals surface area contributed by atoms with Gasteiger partial charge in [0.15, 0.2) is 0 Å². The molecule has 0 saturated heterocycles. The van der Waals surface area contributed by atoms with Gasteiger partial charge >= 0.3 is 5.97 Å². The Morgan fingerprint density at radius 2 is 1.54 bits per heavy atom. The van der Waals surface area contributed by atoms with E-state index in [2.05, 4.69) is 55.4 Å². The predicted molar refractivity (Wildman–Crippen MR) is 147 cm³/mol. The zero-order valence-electron chi connectivity index (χ0n) is 24.8. The Hall–Kier alpha value is -0.530. The van der Waals surface area contributed by atoms with Crippen LogP contribution in [0.15, 0.2) is 0 Å². The van der Waals surface area contributed by atoms with Crippen LogP contribution in [0.5, 0.6) is 0 Å². The van der Waals surface area contributed by atoms with E-state index in [9.17, 15) is 4.79 Å². The second kappa shape index (κ2) is 9.65. The fourth-order valence-corrected chi connectivity index (χ4v) is 11.2. The van der Waals surface area contributed by atoms with E-state index in [0.717, 1.165) is 36.0 Å². The van der Waals surface area contributed by atoms with Crippen LogP contribution >= 0.6 is 0 Å². The number of esters is 1. The average molecular weight is 487 g/mol. The van der Waals surface area contributed by atoms with Gasteiger partial charge in [-0.25, -0.2) is 0 Å². The maximum absolute atomic E-state index is 11.9. The van der Waals surface area contributed by atoms with Crippen molar-refractivity contribution >= 4 is 5.97 Å². The van der Waals surface area contributed by atoms with Gasteiger partial charge in [0.05, 0.1) is 0 Å². The Labute approximate surface area is 218 Å². The van der Waals surface area contributed by atoms with Gasteiger partial charge in [-0.2, -0.15) is 0 Å². The SMILES string of the molecule is CC[C@@]12CC[C@]3(C)C(C(C)CCCC(C)C)CCC3(C)[C@@H]1CCC1C2CC[C@H](OC(C)=O)C1(C)C. The van der Waals surface area contributed by atoms with Crippen molar-refractivity contribution in [2.24, 2.45) is 57.2 Å². The molecular formula is C33H58O2. The molecule has 2 nitrogen and oxygen atoms in total. The third-order valence-corrected chi connectivity index (χ3v) is 13.3. The Bertz CT molecular complexity index is 769. The van der Waals surface area contributed by atoms with Gasteiger partial charge in [0.25, 0.3) is 0 Å². The molecule has 4 aliphatic carbocycles. The maximum Gasteiger partial charge on any atom is 0.302 e. The van der Waals surface area contributed by atoms with Gasteiger partial charge in [0, 0.05) is 12.3 Å². The standard InChI is InChI=1S/C33H58O2/c1-10-33-21-20-31(8)25(23(4)13-11-12-22(2)3)18-19-32(31,9)28(33)16-14-26-27(33)15-17-29(30(26,6)7)35-24(5)34/h22-23,25-29H,10-21H2,1-9H3/t23?,25?,26?,27?,28-,29-,31+,32?,33-/m0/s1. The van der Waals surface area contributed by atoms with Crippen molar-refractivity contribution < 1.29 is 9.53 Å². The lowest BCUT2D eigenvalue weighted by Crippen LogP contribution is -2.63. The van der Waals surface area contributed by atoms with E-state index in [0.29, 0.717) is 22.2 Å². The van der Waals surface area contributed by atoms with Crippen LogP contribution in [0.3, 0.4) is 0 Å². The summed E-state index contributed by atoms with van der Waals surface area (Å²) < 4.78 is 5.91. The molecule has 0 heterocycles. The number of fused-ring (bicyclic) bond motifs is 5. The van der Waals surface area contributed by atoms with Gasteiger partial charge < -0.3 is 4.74 Å². The summed E-state index contributed by atoms with van der Waals surface area (Å²) in [5.41, 5.74) is 1.57. The van der Waals surface area contributed by atoms with Gasteiger partial charge in [-0.1, -0.05) is 74.7 Å². The van der Waals surface area contributed by atoms with E-state index in [1.807, 2.05) is 0 Å². The molecule has 5 unspecified atom stereocenters. The lowest BCUT2D eigenvalue weighted by molar-refractivity contribution is -0.216. The van der Waals surface area contributed by atoms with Gasteiger partial charge in [-0.3, -0.25) is 4.79 Å². The summed E-state index contributed by atoms with van der Waals surface area (Å²) in [7, 11) is 0. The minimum Gasteiger partial charge on any atom is -0.462 e. The highest BCUT2D eigenvalue weighted by molar-refractivity contribution is 5.66. The first-order valence-corrected chi connectivity index (χ1v) is 15.5. The van der Waals surface area contributed by atoms with Gasteiger partial charge in [-0.05, 0) is 110 Å². The summed E-state index contributed by atoms with van der Waals surface area (Å²) >= 11 is 0. The molecule has 0 amide bonds. The first kappa shape index (κ1) is 27.5. The molecule has 0 bridgehead atoms. The minimum absolute atomic E-state index is 0.0898. The Morgan fingerprint density at radius 3 is 2.17 bits per heavy atom. The highest BCUT2D eigenvalue weighted by Gasteiger charge is 2.69. The molecule has 4 rings (SSSR count). The molecule has 0 spiro atoms. The summed E-state index contributed by atoms with van der Waals surface area (Å²) in [6.45, 7) is 21.8. The third-order valence-electron chi connectivity index (χ3n) is 13.3. The summed E-state index contributed by atoms with van der Waals surface area (Å²) in [5.74, 6) is 4.87. The zero-order chi connectivity index (χ0) is 25.8. The molecule has 4 fully saturated rings. The maximum atomic E-state index is 11.9. The predicted octanol–water partition coefficient (Wildman–Crippen LogP) is 9.46. The van der Waals surface area contributed by atoms with E-state index >= 15 is 0 Å². The van der Waals surface area contributed by atoms with Crippen molar-refractivity contribution in [1.82, 2.24) is 0 Å². The topological polar surface area (TPSA) is 26.3 Å². The van der Waals surface area contributed by atoms with Gasteiger partial charge in [0.1, 0.15) is 6.10 Å². The van der Waals surface area contributed by atoms with Gasteiger partial charge in [0.2, 0.25) is 0 Å². The summed E-state index contributed by atoms with van der Waals surface area (Å²) in [5, 5.41) is 0. The molecule has 4 aliphatic rings. The molecule has 0 aromatic heterocycles. The van der Waals surface area contributed by atoms with Crippen LogP contribution in [0.4, 0.5) is 0 Å². The molecule has 35 heavy (non-hydrogen) atoms. The second-order valence-electron chi connectivity index (χ2n) is 15.2. The van der Waals surface area contributed by atoms with Gasteiger partial charge in [-0.15, -0.1) is 0 Å². The van der Waals surface area contributed by atoms with Crippen LogP contribution in [0.2, 0.25) is 0 Å². The number of carbonyl (C=O) groups is 1. The van der Waals surface area contributed by atoms with Crippen LogP contribution in [0.25, 0.3) is 0 Å². The molecule has 0 aliphatic heterocycles. The van der Waals surface area contributed by atoms with E-state index in [1.54, 1.807) is 6.92 Å². The third kappa shape index (κ3) is 4.24. The van der Waals surface area contributed by atoms with Crippen LogP contribution in [0, 0.1) is 57.2 Å². The van der Waals surface area contributed by atoms with Crippen molar-refractivity contribution in [1.29, 1.82) is 0 Å². The molecule has 0 aromatic rings. The van der Waals surface area contributed by atoms with Crippen LogP contribution in [0.1, 0.15) is 139 Å². The second-order valence-corrected chi connectivity index (χ2v) is 15.2. The van der Waals surface area contributed by atoms with Crippen molar-refractivity contribution in [3.63, 3.8) is 0 Å². The number of ether oxygens (including phenoxy) is 1. The molecule has 0 radical (unpaired) electrons. The molecule has 0 aromatic carbocycles. The van der Waals surface area contributed by atoms with E-state index < -0.39 is 0 Å². The monoisotopic (exact) mass is 486 g/mol. The molecule has 0 N–H and O–H groups in total. The molecule has 4 saturated carbocycles. The number of carbonyl (C=O) groups excluding carboxylic acids is 1. The van der Waals surface area contributed by atoms with Crippen LogP contribution < -0.4 is 0 Å². The number of hydrogen-bond donors (Lipinski definition) is 0. The van der Waals surface area contributed by atoms with E-state index in [1.165, 1.54) is 70.6 Å². The lowest BCUT2D eigenvalue weighted by atomic mass is 9.36. The van der Waals surface area contributed by atoms with Crippen molar-refractivity contribution in [2.75, 3.05) is 0 Å². The zero-order valence-corrected chi connectivity index (χ0v) is 24.8. The Balaban J connectivity index is 1.59. The fourth-order valence-electron chi connectivity index (χ4n) is 11.2. The van der Waals surface area contributed by atoms with Crippen molar-refractivity contribution in [3.8, 4) is 0 Å². The quantitative estimate of drug-likeness (QED) is 0.335. The molecule has 2 heteroatoms. The Morgan fingerprint density at radius 1 is 0.857 bits per heavy atom. The number of rotatable bonds is 7. The summed E-state index contributed by atoms with van der Waals surface area (Å²) in [6.07, 6.45) is 16.5. The largest absolute Gasteiger partial charge is 0.462 e. The van der Waals surface area contributed by atoms with E-state index in [4.69, 9.17) is 4.74 Å². The molecule has 9 atom stereocenters. The van der Waals surface area contributed by atoms with Crippen molar-refractivity contribution in [3.05, 3.63) is 0 Å². The highest BCUT2D eigenvalue weighted by Crippen LogP contribution is 2.76. The first-order chi connectivity index (χ1) is 16.3. The van der Waals surface area contributed by atoms with Crippen LogP contribution in [-0.2, 0) is 9.53 Å². The normalized spacial score (nSPS) is 45.4. The Kier molecular flexibility index (Phi) is 7.58. The fraction of sp³-hybridized carbons (Fsp3) is 0.970. The van der Waals surface area contributed by atoms with Crippen molar-refractivity contribution in [2.45, 2.75) is 145 Å². The number of hydrogen-bond acceptors (Lipinski definition) is 2. The molecular weight excluding hydrogens is 428 g/mol. The minimum atomic E-state index is -0.0964. The summed E-state index contributed by atoms with van der Waals surface area (Å²) in [4.78, 5) is 11.9. The smallest absolute Gasteiger partial charge is 0.302 e. The average Bonchev–Trinajstić information content (AvgIpc) is 3.06. The van der Waals surface area contributed by atoms with Crippen LogP contribution in [-0.4, -0.2) is 12.1 Å².